The zero-order valence-corrected chi connectivity index (χ0v) is 17.3. The molecule has 7 nitrogen and oxygen atoms in total. The Morgan fingerprint density at radius 2 is 1.79 bits per heavy atom. The number of halogens is 2. The molecule has 28 heavy (non-hydrogen) atoms. The van der Waals surface area contributed by atoms with Crippen molar-refractivity contribution in [1.29, 1.82) is 0 Å². The topological polar surface area (TPSA) is 89.1 Å². The quantitative estimate of drug-likeness (QED) is 0.526. The lowest BCUT2D eigenvalue weighted by atomic mass is 10.2. The first-order chi connectivity index (χ1) is 13.5. The van der Waals surface area contributed by atoms with E-state index in [9.17, 15) is 4.79 Å². The van der Waals surface area contributed by atoms with Crippen LogP contribution in [0.3, 0.4) is 0 Å². The maximum absolute atomic E-state index is 12.2. The molecule has 0 fully saturated rings. The fourth-order valence-corrected chi connectivity index (χ4v) is 3.40. The van der Waals surface area contributed by atoms with Crippen LogP contribution in [0.4, 0.5) is 5.69 Å². The van der Waals surface area contributed by atoms with Gasteiger partial charge in [0.15, 0.2) is 5.82 Å². The van der Waals surface area contributed by atoms with E-state index in [0.717, 1.165) is 5.56 Å². The van der Waals surface area contributed by atoms with Gasteiger partial charge < -0.3 is 14.8 Å². The van der Waals surface area contributed by atoms with Gasteiger partial charge in [0, 0.05) is 11.6 Å². The Morgan fingerprint density at radius 3 is 2.39 bits per heavy atom. The van der Waals surface area contributed by atoms with Crippen LogP contribution in [0.15, 0.2) is 41.6 Å². The minimum absolute atomic E-state index is 0.0975. The zero-order valence-electron chi connectivity index (χ0n) is 15.0. The number of carbonyl (C=O) groups is 1. The van der Waals surface area contributed by atoms with E-state index in [0.29, 0.717) is 38.2 Å². The van der Waals surface area contributed by atoms with Crippen LogP contribution in [0, 0.1) is 0 Å². The highest BCUT2D eigenvalue weighted by molar-refractivity contribution is 7.99. The van der Waals surface area contributed by atoms with Crippen LogP contribution in [0.1, 0.15) is 0 Å². The summed E-state index contributed by atoms with van der Waals surface area (Å²) in [6, 6.07) is 10.4. The lowest BCUT2D eigenvalue weighted by Gasteiger charge is -2.08. The number of para-hydroxylation sites is 1. The molecule has 0 aliphatic heterocycles. The Bertz CT molecular complexity index is 954. The summed E-state index contributed by atoms with van der Waals surface area (Å²) < 4.78 is 10.5. The number of carbonyl (C=O) groups excluding carboxylic acids is 1. The van der Waals surface area contributed by atoms with Crippen LogP contribution >= 0.6 is 35.0 Å². The van der Waals surface area contributed by atoms with Crippen molar-refractivity contribution in [3.8, 4) is 22.9 Å². The average Bonchev–Trinajstić information content (AvgIpc) is 3.18. The summed E-state index contributed by atoms with van der Waals surface area (Å²) in [4.78, 5) is 16.6. The maximum Gasteiger partial charge on any atom is 0.234 e. The Hall–Kier alpha value is -2.42. The van der Waals surface area contributed by atoms with Gasteiger partial charge in [0.25, 0.3) is 0 Å². The van der Waals surface area contributed by atoms with Crippen molar-refractivity contribution in [2.45, 2.75) is 5.16 Å². The molecule has 1 heterocycles. The molecule has 0 spiro atoms. The first-order valence-corrected chi connectivity index (χ1v) is 9.77. The first-order valence-electron chi connectivity index (χ1n) is 8.02. The van der Waals surface area contributed by atoms with E-state index < -0.39 is 0 Å². The Morgan fingerprint density at radius 1 is 1.14 bits per heavy atom. The van der Waals surface area contributed by atoms with Crippen molar-refractivity contribution in [3.63, 3.8) is 0 Å². The van der Waals surface area contributed by atoms with E-state index >= 15 is 0 Å². The van der Waals surface area contributed by atoms with Gasteiger partial charge in [-0.1, -0.05) is 41.0 Å². The van der Waals surface area contributed by atoms with Gasteiger partial charge in [0.05, 0.1) is 35.7 Å². The lowest BCUT2D eigenvalue weighted by Crippen LogP contribution is -2.14. The summed E-state index contributed by atoms with van der Waals surface area (Å²) in [5.74, 6) is 1.64. The Kier molecular flexibility index (Phi) is 6.66. The molecule has 0 aliphatic carbocycles. The number of H-pyrrole nitrogens is 1. The van der Waals surface area contributed by atoms with Crippen molar-refractivity contribution in [3.05, 3.63) is 46.4 Å². The lowest BCUT2D eigenvalue weighted by molar-refractivity contribution is -0.113. The van der Waals surface area contributed by atoms with Crippen molar-refractivity contribution >= 4 is 46.6 Å². The second-order valence-electron chi connectivity index (χ2n) is 5.50. The smallest absolute Gasteiger partial charge is 0.234 e. The third-order valence-electron chi connectivity index (χ3n) is 3.65. The van der Waals surface area contributed by atoms with E-state index in [1.54, 1.807) is 38.5 Å². The molecule has 3 rings (SSSR count). The van der Waals surface area contributed by atoms with Crippen molar-refractivity contribution < 1.29 is 14.3 Å². The van der Waals surface area contributed by atoms with E-state index in [1.165, 1.54) is 11.8 Å². The van der Waals surface area contributed by atoms with Crippen LogP contribution < -0.4 is 14.8 Å². The molecule has 0 aliphatic rings. The van der Waals surface area contributed by atoms with Crippen molar-refractivity contribution in [2.75, 3.05) is 25.3 Å². The number of benzene rings is 2. The van der Waals surface area contributed by atoms with Gasteiger partial charge >= 0.3 is 0 Å². The van der Waals surface area contributed by atoms with Crippen LogP contribution in [0.2, 0.25) is 10.0 Å². The van der Waals surface area contributed by atoms with Gasteiger partial charge in [-0.05, 0) is 24.3 Å². The number of hydrogen-bond donors (Lipinski definition) is 2. The van der Waals surface area contributed by atoms with Gasteiger partial charge in [-0.25, -0.2) is 4.98 Å². The van der Waals surface area contributed by atoms with E-state index in [1.807, 2.05) is 12.1 Å². The second kappa shape index (κ2) is 9.18. The summed E-state index contributed by atoms with van der Waals surface area (Å²) in [7, 11) is 3.15. The highest BCUT2D eigenvalue weighted by Gasteiger charge is 2.13. The molecule has 1 aromatic heterocycles. The van der Waals surface area contributed by atoms with Gasteiger partial charge in [-0.2, -0.15) is 0 Å². The molecule has 0 bridgehead atoms. The number of aromatic nitrogens is 3. The second-order valence-corrected chi connectivity index (χ2v) is 7.26. The molecule has 0 atom stereocenters. The molecule has 2 aromatic carbocycles. The maximum atomic E-state index is 12.2. The summed E-state index contributed by atoms with van der Waals surface area (Å²) in [6.45, 7) is 0. The summed E-state index contributed by atoms with van der Waals surface area (Å²) in [5.41, 5.74) is 1.14. The molecular weight excluding hydrogens is 423 g/mol. The standard InChI is InChI=1S/C18H16Cl2N4O3S/c1-26-11-6-10(7-12(8-11)27-2)17-22-18(24-23-17)28-9-15(25)21-16-13(19)4-3-5-14(16)20/h3-8H,9H2,1-2H3,(H,21,25)(H,22,23,24). The molecule has 0 radical (unpaired) electrons. The average molecular weight is 439 g/mol. The Labute approximate surface area is 175 Å². The molecule has 3 aromatic rings. The van der Waals surface area contributed by atoms with Gasteiger partial charge in [0.1, 0.15) is 11.5 Å². The molecular formula is C18H16Cl2N4O3S. The zero-order chi connectivity index (χ0) is 20.1. The first kappa shape index (κ1) is 20.3. The summed E-state index contributed by atoms with van der Waals surface area (Å²) in [5, 5.41) is 10.8. The predicted molar refractivity (Wildman–Crippen MR) is 111 cm³/mol. The van der Waals surface area contributed by atoms with Crippen LogP contribution in [0.5, 0.6) is 11.5 Å². The summed E-state index contributed by atoms with van der Waals surface area (Å²) >= 11 is 13.3. The van der Waals surface area contributed by atoms with Crippen LogP contribution in [0.25, 0.3) is 11.4 Å². The van der Waals surface area contributed by atoms with E-state index in [2.05, 4.69) is 20.5 Å². The number of methoxy groups -OCH3 is 2. The Balaban J connectivity index is 1.66. The number of ether oxygens (including phenoxy) is 2. The number of anilines is 1. The van der Waals surface area contributed by atoms with Crippen LogP contribution in [-0.2, 0) is 4.79 Å². The molecule has 1 amide bonds. The number of thioether (sulfide) groups is 1. The monoisotopic (exact) mass is 438 g/mol. The molecule has 10 heteroatoms. The number of nitrogens with zero attached hydrogens (tertiary/aromatic N) is 2. The number of rotatable bonds is 7. The minimum atomic E-state index is -0.269. The third kappa shape index (κ3) is 4.89. The summed E-state index contributed by atoms with van der Waals surface area (Å²) in [6.07, 6.45) is 0. The molecule has 2 N–H and O–H groups in total. The molecule has 0 saturated heterocycles. The van der Waals surface area contributed by atoms with Crippen LogP contribution in [-0.4, -0.2) is 41.1 Å². The van der Waals surface area contributed by atoms with E-state index in [4.69, 9.17) is 32.7 Å². The third-order valence-corrected chi connectivity index (χ3v) is 5.13. The number of nitrogens with one attached hydrogen (secondary N) is 2. The van der Waals surface area contributed by atoms with E-state index in [-0.39, 0.29) is 11.7 Å². The fraction of sp³-hybridized carbons (Fsp3) is 0.167. The number of hydrogen-bond acceptors (Lipinski definition) is 6. The molecule has 0 saturated carbocycles. The largest absolute Gasteiger partial charge is 0.497 e. The number of amides is 1. The predicted octanol–water partition coefficient (Wildman–Crippen LogP) is 4.53. The van der Waals surface area contributed by atoms with Gasteiger partial charge in [-0.15, -0.1) is 5.10 Å². The van der Waals surface area contributed by atoms with Gasteiger partial charge in [-0.3, -0.25) is 9.89 Å². The normalized spacial score (nSPS) is 10.6. The van der Waals surface area contributed by atoms with Gasteiger partial charge in [0.2, 0.25) is 11.1 Å². The van der Waals surface area contributed by atoms with Crippen molar-refractivity contribution in [1.82, 2.24) is 15.2 Å². The molecule has 146 valence electrons. The van der Waals surface area contributed by atoms with Crippen molar-refractivity contribution in [2.24, 2.45) is 0 Å². The minimum Gasteiger partial charge on any atom is -0.497 e. The highest BCUT2D eigenvalue weighted by Crippen LogP contribution is 2.31. The SMILES string of the molecule is COc1cc(OC)cc(-c2nc(SCC(=O)Nc3c(Cl)cccc3Cl)n[nH]2)c1. The fourth-order valence-electron chi connectivity index (χ4n) is 2.31. The number of aromatic amines is 1. The molecule has 0 unspecified atom stereocenters. The highest BCUT2D eigenvalue weighted by atomic mass is 35.5.